The van der Waals surface area contributed by atoms with Crippen LogP contribution in [0.1, 0.15) is 19.8 Å². The molecular formula is C11H16BrN3OS. The summed E-state index contributed by atoms with van der Waals surface area (Å²) < 4.78 is 0.963. The normalized spacial score (nSPS) is 14.3. The first-order chi connectivity index (χ1) is 7.92. The van der Waals surface area contributed by atoms with Crippen LogP contribution < -0.4 is 11.5 Å². The van der Waals surface area contributed by atoms with Gasteiger partial charge in [-0.15, -0.1) is 11.8 Å². The zero-order valence-electron chi connectivity index (χ0n) is 9.65. The zero-order valence-corrected chi connectivity index (χ0v) is 12.1. The van der Waals surface area contributed by atoms with Crippen LogP contribution in [0.5, 0.6) is 0 Å². The third-order valence-corrected chi connectivity index (χ3v) is 3.85. The smallest absolute Gasteiger partial charge is 0.237 e. The first-order valence-electron chi connectivity index (χ1n) is 5.25. The molecule has 1 rings (SSSR count). The monoisotopic (exact) mass is 317 g/mol. The van der Waals surface area contributed by atoms with E-state index in [0.29, 0.717) is 6.42 Å². The van der Waals surface area contributed by atoms with E-state index in [2.05, 4.69) is 20.9 Å². The minimum Gasteiger partial charge on any atom is -0.368 e. The van der Waals surface area contributed by atoms with Gasteiger partial charge in [-0.1, -0.05) is 0 Å². The van der Waals surface area contributed by atoms with Crippen LogP contribution in [0, 0.1) is 0 Å². The van der Waals surface area contributed by atoms with Crippen molar-refractivity contribution in [3.8, 4) is 0 Å². The van der Waals surface area contributed by atoms with Crippen LogP contribution in [0.15, 0.2) is 27.8 Å². The van der Waals surface area contributed by atoms with Gasteiger partial charge >= 0.3 is 0 Å². The number of rotatable bonds is 6. The summed E-state index contributed by atoms with van der Waals surface area (Å²) in [6.07, 6.45) is 3.18. The average molecular weight is 318 g/mol. The first kappa shape index (κ1) is 14.5. The molecule has 1 aromatic rings. The molecule has 4 nitrogen and oxygen atoms in total. The molecule has 0 aliphatic rings. The van der Waals surface area contributed by atoms with Gasteiger partial charge in [-0.2, -0.15) is 0 Å². The van der Waals surface area contributed by atoms with Crippen molar-refractivity contribution >= 4 is 33.6 Å². The fourth-order valence-corrected chi connectivity index (χ4v) is 2.21. The molecule has 0 spiro atoms. The molecule has 6 heteroatoms. The lowest BCUT2D eigenvalue weighted by Crippen LogP contribution is -2.49. The van der Waals surface area contributed by atoms with Gasteiger partial charge in [0.1, 0.15) is 0 Å². The number of nitrogens with zero attached hydrogens (tertiary/aromatic N) is 1. The largest absolute Gasteiger partial charge is 0.368 e. The summed E-state index contributed by atoms with van der Waals surface area (Å²) >= 11 is 4.97. The standard InChI is InChI=1S/C11H16BrN3OS/c1-11(14,10(13)16)5-2-6-17-9-4-3-8(12)7-15-9/h3-4,7H,2,5-6,14H2,1H3,(H2,13,16). The van der Waals surface area contributed by atoms with E-state index in [4.69, 9.17) is 11.5 Å². The summed E-state index contributed by atoms with van der Waals surface area (Å²) in [5.74, 6) is 0.415. The molecular weight excluding hydrogens is 302 g/mol. The summed E-state index contributed by atoms with van der Waals surface area (Å²) in [4.78, 5) is 15.2. The summed E-state index contributed by atoms with van der Waals surface area (Å²) in [6, 6.07) is 3.90. The Morgan fingerprint density at radius 3 is 2.82 bits per heavy atom. The number of thioether (sulfide) groups is 1. The van der Waals surface area contributed by atoms with Gasteiger partial charge < -0.3 is 11.5 Å². The Morgan fingerprint density at radius 1 is 1.59 bits per heavy atom. The van der Waals surface area contributed by atoms with Crippen molar-refractivity contribution in [2.24, 2.45) is 11.5 Å². The van der Waals surface area contributed by atoms with E-state index in [1.165, 1.54) is 0 Å². The van der Waals surface area contributed by atoms with Crippen molar-refractivity contribution < 1.29 is 4.79 Å². The van der Waals surface area contributed by atoms with Crippen molar-refractivity contribution in [1.29, 1.82) is 0 Å². The van der Waals surface area contributed by atoms with Crippen LogP contribution in [-0.2, 0) is 4.79 Å². The van der Waals surface area contributed by atoms with Crippen molar-refractivity contribution in [2.45, 2.75) is 30.3 Å². The molecule has 0 aliphatic heterocycles. The SMILES string of the molecule is CC(N)(CCCSc1ccc(Br)cn1)C(N)=O. The molecule has 1 aromatic heterocycles. The Morgan fingerprint density at radius 2 is 2.29 bits per heavy atom. The Kier molecular flexibility index (Phi) is 5.42. The third kappa shape index (κ3) is 5.06. The lowest BCUT2D eigenvalue weighted by Gasteiger charge is -2.19. The second kappa shape index (κ2) is 6.37. The molecule has 1 heterocycles. The molecule has 1 amide bonds. The van der Waals surface area contributed by atoms with Crippen LogP contribution in [-0.4, -0.2) is 22.2 Å². The number of halogens is 1. The molecule has 0 saturated carbocycles. The number of hydrogen-bond acceptors (Lipinski definition) is 4. The fourth-order valence-electron chi connectivity index (χ4n) is 1.19. The van der Waals surface area contributed by atoms with Gasteiger partial charge in [-0.05, 0) is 53.6 Å². The van der Waals surface area contributed by atoms with Crippen molar-refractivity contribution in [3.05, 3.63) is 22.8 Å². The van der Waals surface area contributed by atoms with Crippen molar-refractivity contribution in [1.82, 2.24) is 4.98 Å². The van der Waals surface area contributed by atoms with Crippen LogP contribution in [0.3, 0.4) is 0 Å². The van der Waals surface area contributed by atoms with Crippen LogP contribution in [0.25, 0.3) is 0 Å². The molecule has 17 heavy (non-hydrogen) atoms. The highest BCUT2D eigenvalue weighted by atomic mass is 79.9. The highest BCUT2D eigenvalue weighted by molar-refractivity contribution is 9.10. The van der Waals surface area contributed by atoms with E-state index < -0.39 is 11.4 Å². The second-order valence-corrected chi connectivity index (χ2v) is 6.08. The van der Waals surface area contributed by atoms with Crippen LogP contribution in [0.2, 0.25) is 0 Å². The van der Waals surface area contributed by atoms with Crippen LogP contribution in [0.4, 0.5) is 0 Å². The minimum atomic E-state index is -0.909. The maximum absolute atomic E-state index is 11.0. The van der Waals surface area contributed by atoms with Crippen molar-refractivity contribution in [2.75, 3.05) is 5.75 Å². The van der Waals surface area contributed by atoms with Crippen molar-refractivity contribution in [3.63, 3.8) is 0 Å². The van der Waals surface area contributed by atoms with E-state index in [9.17, 15) is 4.79 Å². The number of pyridine rings is 1. The number of aromatic nitrogens is 1. The second-order valence-electron chi connectivity index (χ2n) is 4.05. The zero-order chi connectivity index (χ0) is 12.9. The molecule has 0 bridgehead atoms. The van der Waals surface area contributed by atoms with Gasteiger partial charge in [0, 0.05) is 10.7 Å². The van der Waals surface area contributed by atoms with Gasteiger partial charge in [-0.25, -0.2) is 4.98 Å². The topological polar surface area (TPSA) is 82.0 Å². The number of carbonyl (C=O) groups is 1. The number of amides is 1. The molecule has 1 atom stereocenters. The van der Waals surface area contributed by atoms with Gasteiger partial charge in [0.2, 0.25) is 5.91 Å². The molecule has 94 valence electrons. The third-order valence-electron chi connectivity index (χ3n) is 2.35. The molecule has 4 N–H and O–H groups in total. The molecule has 0 radical (unpaired) electrons. The van der Waals surface area contributed by atoms with E-state index in [0.717, 1.165) is 21.7 Å². The van der Waals surface area contributed by atoms with E-state index >= 15 is 0 Å². The molecule has 0 saturated heterocycles. The average Bonchev–Trinajstić information content (AvgIpc) is 2.26. The quantitative estimate of drug-likeness (QED) is 0.620. The lowest BCUT2D eigenvalue weighted by molar-refractivity contribution is -0.122. The molecule has 0 fully saturated rings. The van der Waals surface area contributed by atoms with Gasteiger partial charge in [0.25, 0.3) is 0 Å². The molecule has 1 unspecified atom stereocenters. The summed E-state index contributed by atoms with van der Waals surface area (Å²) in [5, 5.41) is 0.964. The van der Waals surface area contributed by atoms with Gasteiger partial charge in [0.05, 0.1) is 10.6 Å². The Labute approximate surface area is 114 Å². The highest BCUT2D eigenvalue weighted by Crippen LogP contribution is 2.20. The Balaban J connectivity index is 2.29. The summed E-state index contributed by atoms with van der Waals surface area (Å²) in [5.41, 5.74) is 10.0. The maximum Gasteiger partial charge on any atom is 0.237 e. The minimum absolute atomic E-state index is 0.454. The first-order valence-corrected chi connectivity index (χ1v) is 7.03. The summed E-state index contributed by atoms with van der Waals surface area (Å²) in [7, 11) is 0. The number of carbonyl (C=O) groups excluding carboxylic acids is 1. The van der Waals surface area contributed by atoms with Crippen LogP contribution >= 0.6 is 27.7 Å². The van der Waals surface area contributed by atoms with E-state index in [1.54, 1.807) is 24.9 Å². The number of nitrogens with two attached hydrogens (primary N) is 2. The van der Waals surface area contributed by atoms with E-state index in [1.807, 2.05) is 12.1 Å². The fraction of sp³-hybridized carbons (Fsp3) is 0.455. The predicted molar refractivity (Wildman–Crippen MR) is 73.7 cm³/mol. The van der Waals surface area contributed by atoms with E-state index in [-0.39, 0.29) is 0 Å². The number of hydrogen-bond donors (Lipinski definition) is 2. The Bertz CT molecular complexity index is 381. The predicted octanol–water partition coefficient (Wildman–Crippen LogP) is 1.92. The number of primary amides is 1. The highest BCUT2D eigenvalue weighted by Gasteiger charge is 2.24. The summed E-state index contributed by atoms with van der Waals surface area (Å²) in [6.45, 7) is 1.66. The lowest BCUT2D eigenvalue weighted by atomic mass is 9.97. The van der Waals surface area contributed by atoms with Gasteiger partial charge in [-0.3, -0.25) is 4.79 Å². The Hall–Kier alpha value is -0.590. The molecule has 0 aromatic carbocycles. The van der Waals surface area contributed by atoms with Gasteiger partial charge in [0.15, 0.2) is 0 Å². The maximum atomic E-state index is 11.0. The molecule has 0 aliphatic carbocycles.